The topological polar surface area (TPSA) is 114 Å². The van der Waals surface area contributed by atoms with Crippen LogP contribution in [0.5, 0.6) is 0 Å². The van der Waals surface area contributed by atoms with E-state index < -0.39 is 11.8 Å². The van der Waals surface area contributed by atoms with Crippen molar-refractivity contribution in [2.24, 2.45) is 0 Å². The van der Waals surface area contributed by atoms with Crippen LogP contribution in [0.4, 0.5) is 11.7 Å². The zero-order valence-corrected chi connectivity index (χ0v) is 15.0. The molecular weight excluding hydrogens is 350 g/mol. The summed E-state index contributed by atoms with van der Waals surface area (Å²) >= 11 is 0. The van der Waals surface area contributed by atoms with Crippen molar-refractivity contribution in [3.05, 3.63) is 64.9 Å². The molecule has 0 unspecified atom stereocenters. The molecule has 3 rings (SSSR count). The number of nitrogens with zero attached hydrogens (tertiary/aromatic N) is 1. The molecule has 2 N–H and O–H groups in total. The molecule has 0 aliphatic heterocycles. The van der Waals surface area contributed by atoms with Crippen LogP contribution < -0.4 is 10.6 Å². The summed E-state index contributed by atoms with van der Waals surface area (Å²) in [5.41, 5.74) is 1.27. The van der Waals surface area contributed by atoms with Crippen molar-refractivity contribution in [1.29, 1.82) is 0 Å². The van der Waals surface area contributed by atoms with Crippen molar-refractivity contribution in [2.75, 3.05) is 10.6 Å². The molecule has 8 nitrogen and oxygen atoms in total. The highest BCUT2D eigenvalue weighted by Gasteiger charge is 2.18. The summed E-state index contributed by atoms with van der Waals surface area (Å²) in [5.74, 6) is -0.0114. The second-order valence-electron chi connectivity index (χ2n) is 5.91. The van der Waals surface area contributed by atoms with Gasteiger partial charge in [-0.1, -0.05) is 12.1 Å². The fourth-order valence-electron chi connectivity index (χ4n) is 2.47. The Balaban J connectivity index is 1.69. The van der Waals surface area contributed by atoms with Crippen molar-refractivity contribution in [3.63, 3.8) is 0 Å². The number of anilines is 2. The second kappa shape index (κ2) is 7.28. The van der Waals surface area contributed by atoms with E-state index in [1.165, 1.54) is 6.92 Å². The van der Waals surface area contributed by atoms with Crippen LogP contribution >= 0.6 is 0 Å². The predicted molar refractivity (Wildman–Crippen MR) is 97.0 cm³/mol. The number of rotatable bonds is 5. The van der Waals surface area contributed by atoms with Crippen LogP contribution in [0.3, 0.4) is 0 Å². The number of benzene rings is 1. The van der Waals surface area contributed by atoms with E-state index in [0.717, 1.165) is 6.26 Å². The third kappa shape index (κ3) is 4.12. The van der Waals surface area contributed by atoms with Gasteiger partial charge in [0.05, 0.1) is 5.56 Å². The molecule has 0 saturated heterocycles. The maximum atomic E-state index is 12.3. The van der Waals surface area contributed by atoms with Crippen LogP contribution in [-0.4, -0.2) is 22.6 Å². The number of ketones is 1. The Kier molecular flexibility index (Phi) is 4.89. The minimum absolute atomic E-state index is 0.0152. The van der Waals surface area contributed by atoms with Gasteiger partial charge in [-0.3, -0.25) is 19.7 Å². The minimum Gasteiger partial charge on any atom is -0.466 e. The fourth-order valence-corrected chi connectivity index (χ4v) is 2.47. The first-order chi connectivity index (χ1) is 12.8. The van der Waals surface area contributed by atoms with Crippen molar-refractivity contribution < 1.29 is 23.2 Å². The molecule has 1 aromatic carbocycles. The molecule has 0 radical (unpaired) electrons. The van der Waals surface area contributed by atoms with Gasteiger partial charge in [-0.05, 0) is 39.0 Å². The standard InChI is InChI=1S/C19H17N3O5/c1-10-7-15(12(3)27-10)17(24)22-19-21-16(9-26-19)18(25)20-14-6-4-5-13(8-14)11(2)23/h4-9H,1-3H3,(H,20,25)(H,21,22,24). The van der Waals surface area contributed by atoms with Crippen LogP contribution in [0, 0.1) is 13.8 Å². The molecule has 27 heavy (non-hydrogen) atoms. The molecule has 0 fully saturated rings. The number of hydrogen-bond donors (Lipinski definition) is 2. The number of furan rings is 1. The monoisotopic (exact) mass is 367 g/mol. The maximum absolute atomic E-state index is 12.3. The first-order valence-electron chi connectivity index (χ1n) is 8.10. The summed E-state index contributed by atoms with van der Waals surface area (Å²) in [4.78, 5) is 39.9. The van der Waals surface area contributed by atoms with Crippen molar-refractivity contribution in [2.45, 2.75) is 20.8 Å². The Morgan fingerprint density at radius 1 is 1.04 bits per heavy atom. The SMILES string of the molecule is CC(=O)c1cccc(NC(=O)c2coc(NC(=O)c3cc(C)oc3C)n2)c1. The summed E-state index contributed by atoms with van der Waals surface area (Å²) in [5, 5.41) is 5.10. The Labute approximate surface area is 154 Å². The summed E-state index contributed by atoms with van der Waals surface area (Å²) in [6.07, 6.45) is 1.13. The van der Waals surface area contributed by atoms with E-state index in [1.54, 1.807) is 44.2 Å². The van der Waals surface area contributed by atoms with Gasteiger partial charge in [0.15, 0.2) is 11.5 Å². The molecule has 0 bridgehead atoms. The summed E-state index contributed by atoms with van der Waals surface area (Å²) < 4.78 is 10.4. The van der Waals surface area contributed by atoms with Gasteiger partial charge >= 0.3 is 6.01 Å². The lowest BCUT2D eigenvalue weighted by atomic mass is 10.1. The number of amides is 2. The first-order valence-corrected chi connectivity index (χ1v) is 8.10. The number of nitrogens with one attached hydrogen (secondary N) is 2. The molecule has 0 aliphatic carbocycles. The van der Waals surface area contributed by atoms with E-state index in [9.17, 15) is 14.4 Å². The highest BCUT2D eigenvalue weighted by molar-refractivity contribution is 6.06. The van der Waals surface area contributed by atoms with Crippen LogP contribution in [0.1, 0.15) is 49.6 Å². The van der Waals surface area contributed by atoms with Gasteiger partial charge in [0.1, 0.15) is 17.8 Å². The highest BCUT2D eigenvalue weighted by Crippen LogP contribution is 2.17. The van der Waals surface area contributed by atoms with Crippen LogP contribution in [0.15, 0.2) is 45.4 Å². The van der Waals surface area contributed by atoms with E-state index in [2.05, 4.69) is 15.6 Å². The van der Waals surface area contributed by atoms with E-state index in [-0.39, 0.29) is 17.5 Å². The van der Waals surface area contributed by atoms with Gasteiger partial charge in [-0.15, -0.1) is 0 Å². The molecule has 2 heterocycles. The minimum atomic E-state index is -0.532. The van der Waals surface area contributed by atoms with Crippen LogP contribution in [0.2, 0.25) is 0 Å². The van der Waals surface area contributed by atoms with Gasteiger partial charge in [-0.25, -0.2) is 0 Å². The van der Waals surface area contributed by atoms with Gasteiger partial charge < -0.3 is 14.2 Å². The Morgan fingerprint density at radius 3 is 2.48 bits per heavy atom. The highest BCUT2D eigenvalue weighted by atomic mass is 16.4. The number of aryl methyl sites for hydroxylation is 2. The van der Waals surface area contributed by atoms with Crippen LogP contribution in [0.25, 0.3) is 0 Å². The number of carbonyl (C=O) groups is 3. The lowest BCUT2D eigenvalue weighted by Gasteiger charge is -2.04. The molecule has 8 heteroatoms. The van der Waals surface area contributed by atoms with E-state index in [4.69, 9.17) is 8.83 Å². The number of Topliss-reactive ketones (excluding diaryl/α,β-unsaturated/α-hetero) is 1. The molecule has 0 atom stereocenters. The number of aromatic nitrogens is 1. The Hall–Kier alpha value is -3.68. The van der Waals surface area contributed by atoms with Gasteiger partial charge in [-0.2, -0.15) is 4.98 Å². The lowest BCUT2D eigenvalue weighted by Crippen LogP contribution is -2.14. The molecule has 3 aromatic rings. The summed E-state index contributed by atoms with van der Waals surface area (Å²) in [7, 11) is 0. The average molecular weight is 367 g/mol. The van der Waals surface area contributed by atoms with Crippen LogP contribution in [-0.2, 0) is 0 Å². The largest absolute Gasteiger partial charge is 0.466 e. The van der Waals surface area contributed by atoms with Gasteiger partial charge in [0.25, 0.3) is 11.8 Å². The zero-order valence-electron chi connectivity index (χ0n) is 15.0. The maximum Gasteiger partial charge on any atom is 0.302 e. The third-order valence-electron chi connectivity index (χ3n) is 3.77. The van der Waals surface area contributed by atoms with E-state index in [0.29, 0.717) is 28.3 Å². The number of hydrogen-bond acceptors (Lipinski definition) is 6. The molecule has 0 saturated carbocycles. The average Bonchev–Trinajstić information content (AvgIpc) is 3.21. The quantitative estimate of drug-likeness (QED) is 0.666. The van der Waals surface area contributed by atoms with E-state index in [1.807, 2.05) is 0 Å². The second-order valence-corrected chi connectivity index (χ2v) is 5.91. The molecule has 0 aliphatic rings. The third-order valence-corrected chi connectivity index (χ3v) is 3.77. The first kappa shape index (κ1) is 18.1. The normalized spacial score (nSPS) is 10.5. The van der Waals surface area contributed by atoms with Gasteiger partial charge in [0.2, 0.25) is 0 Å². The van der Waals surface area contributed by atoms with E-state index >= 15 is 0 Å². The van der Waals surface area contributed by atoms with Crippen molar-refractivity contribution in [1.82, 2.24) is 4.98 Å². The molecule has 2 amide bonds. The molecule has 0 spiro atoms. The Morgan fingerprint density at radius 2 is 1.81 bits per heavy atom. The number of oxazole rings is 1. The summed E-state index contributed by atoms with van der Waals surface area (Å²) in [6.45, 7) is 4.85. The molecular formula is C19H17N3O5. The molecule has 138 valence electrons. The van der Waals surface area contributed by atoms with Crippen molar-refractivity contribution >= 4 is 29.3 Å². The van der Waals surface area contributed by atoms with Crippen molar-refractivity contribution in [3.8, 4) is 0 Å². The number of carbonyl (C=O) groups excluding carboxylic acids is 3. The lowest BCUT2D eigenvalue weighted by molar-refractivity contribution is 0.100. The smallest absolute Gasteiger partial charge is 0.302 e. The molecule has 2 aromatic heterocycles. The zero-order chi connectivity index (χ0) is 19.6. The predicted octanol–water partition coefficient (Wildman–Crippen LogP) is 3.59. The fraction of sp³-hybridized carbons (Fsp3) is 0.158. The summed E-state index contributed by atoms with van der Waals surface area (Å²) in [6, 6.07) is 8.02. The Bertz CT molecular complexity index is 1030. The van der Waals surface area contributed by atoms with Gasteiger partial charge in [0, 0.05) is 11.3 Å².